The van der Waals surface area contributed by atoms with Crippen LogP contribution < -0.4 is 0 Å². The molecule has 0 radical (unpaired) electrons. The quantitative estimate of drug-likeness (QED) is 0.610. The van der Waals surface area contributed by atoms with E-state index in [4.69, 9.17) is 9.47 Å². The van der Waals surface area contributed by atoms with Gasteiger partial charge in [0.1, 0.15) is 0 Å². The molecule has 0 N–H and O–H groups in total. The van der Waals surface area contributed by atoms with Crippen molar-refractivity contribution in [1.29, 1.82) is 0 Å². The molecule has 0 saturated carbocycles. The molecule has 0 aliphatic carbocycles. The smallest absolute Gasteiger partial charge is 0.170 e. The molecule has 4 heteroatoms. The lowest BCUT2D eigenvalue weighted by Crippen LogP contribution is -2.37. The van der Waals surface area contributed by atoms with E-state index in [1.54, 1.807) is 0 Å². The molecule has 1 heterocycles. The second kappa shape index (κ2) is 7.22. The third kappa shape index (κ3) is 4.37. The van der Waals surface area contributed by atoms with Gasteiger partial charge in [0, 0.05) is 32.3 Å². The van der Waals surface area contributed by atoms with E-state index in [1.807, 2.05) is 13.8 Å². The Morgan fingerprint density at radius 3 is 2.31 bits per heavy atom. The Morgan fingerprint density at radius 1 is 1.25 bits per heavy atom. The summed E-state index contributed by atoms with van der Waals surface area (Å²) in [5.41, 5.74) is 0. The third-order valence-electron chi connectivity index (χ3n) is 3.09. The summed E-state index contributed by atoms with van der Waals surface area (Å²) in [7, 11) is 4.30. The van der Waals surface area contributed by atoms with Crippen molar-refractivity contribution in [1.82, 2.24) is 9.80 Å². The van der Waals surface area contributed by atoms with Crippen LogP contribution in [-0.2, 0) is 9.47 Å². The van der Waals surface area contributed by atoms with Gasteiger partial charge in [0.25, 0.3) is 0 Å². The normalized spacial score (nSPS) is 22.5. The molecule has 0 amide bonds. The lowest BCUT2D eigenvalue weighted by Gasteiger charge is -2.24. The fourth-order valence-electron chi connectivity index (χ4n) is 2.14. The Bertz CT molecular complexity index is 182. The Balaban J connectivity index is 2.30. The van der Waals surface area contributed by atoms with E-state index in [0.29, 0.717) is 6.04 Å². The van der Waals surface area contributed by atoms with Crippen LogP contribution in [0.4, 0.5) is 0 Å². The SMILES string of the molecule is CCOC(CN1CCC(N(C)C)C1)OCC. The zero-order valence-corrected chi connectivity index (χ0v) is 11.1. The molecule has 1 atom stereocenters. The zero-order valence-electron chi connectivity index (χ0n) is 11.1. The van der Waals surface area contributed by atoms with Crippen LogP contribution in [0.5, 0.6) is 0 Å². The van der Waals surface area contributed by atoms with E-state index in [1.165, 1.54) is 6.42 Å². The lowest BCUT2D eigenvalue weighted by molar-refractivity contribution is -0.145. The molecule has 1 unspecified atom stereocenters. The van der Waals surface area contributed by atoms with E-state index >= 15 is 0 Å². The maximum absolute atomic E-state index is 5.56. The Kier molecular flexibility index (Phi) is 6.28. The molecule has 0 bridgehead atoms. The molecular weight excluding hydrogens is 204 g/mol. The van der Waals surface area contributed by atoms with Gasteiger partial charge in [-0.2, -0.15) is 0 Å². The zero-order chi connectivity index (χ0) is 12.0. The monoisotopic (exact) mass is 230 g/mol. The van der Waals surface area contributed by atoms with Crippen LogP contribution in [0.1, 0.15) is 20.3 Å². The van der Waals surface area contributed by atoms with Crippen LogP contribution >= 0.6 is 0 Å². The van der Waals surface area contributed by atoms with Crippen molar-refractivity contribution in [2.45, 2.75) is 32.6 Å². The number of likely N-dealkylation sites (tertiary alicyclic amines) is 1. The van der Waals surface area contributed by atoms with Crippen molar-refractivity contribution in [2.24, 2.45) is 0 Å². The topological polar surface area (TPSA) is 24.9 Å². The average Bonchev–Trinajstić information content (AvgIpc) is 2.67. The Labute approximate surface area is 99.5 Å². The number of hydrogen-bond acceptors (Lipinski definition) is 4. The standard InChI is InChI=1S/C12H26N2O2/c1-5-15-12(16-6-2)10-14-8-7-11(9-14)13(3)4/h11-12H,5-10H2,1-4H3. The predicted molar refractivity (Wildman–Crippen MR) is 65.6 cm³/mol. The molecule has 4 nitrogen and oxygen atoms in total. The van der Waals surface area contributed by atoms with Gasteiger partial charge in [0.05, 0.1) is 0 Å². The summed E-state index contributed by atoms with van der Waals surface area (Å²) in [5.74, 6) is 0. The van der Waals surface area contributed by atoms with Crippen molar-refractivity contribution in [3.63, 3.8) is 0 Å². The van der Waals surface area contributed by atoms with E-state index in [9.17, 15) is 0 Å². The Hall–Kier alpha value is -0.160. The second-order valence-electron chi connectivity index (χ2n) is 4.51. The van der Waals surface area contributed by atoms with Crippen LogP contribution in [0.2, 0.25) is 0 Å². The van der Waals surface area contributed by atoms with Crippen LogP contribution in [0, 0.1) is 0 Å². The van der Waals surface area contributed by atoms with Gasteiger partial charge in [-0.15, -0.1) is 0 Å². The van der Waals surface area contributed by atoms with Crippen LogP contribution in [0.25, 0.3) is 0 Å². The van der Waals surface area contributed by atoms with Gasteiger partial charge in [-0.3, -0.25) is 4.90 Å². The number of hydrogen-bond donors (Lipinski definition) is 0. The van der Waals surface area contributed by atoms with E-state index < -0.39 is 0 Å². The van der Waals surface area contributed by atoms with Gasteiger partial charge in [-0.25, -0.2) is 0 Å². The molecule has 0 aromatic heterocycles. The molecule has 1 aliphatic heterocycles. The summed E-state index contributed by atoms with van der Waals surface area (Å²) in [6.45, 7) is 8.64. The van der Waals surface area contributed by atoms with E-state index in [0.717, 1.165) is 32.8 Å². The highest BCUT2D eigenvalue weighted by atomic mass is 16.7. The third-order valence-corrected chi connectivity index (χ3v) is 3.09. The van der Waals surface area contributed by atoms with Gasteiger partial charge < -0.3 is 14.4 Å². The molecule has 1 aliphatic rings. The summed E-state index contributed by atoms with van der Waals surface area (Å²) in [6.07, 6.45) is 1.19. The average molecular weight is 230 g/mol. The molecule has 1 rings (SSSR count). The number of nitrogens with zero attached hydrogens (tertiary/aromatic N) is 2. The van der Waals surface area contributed by atoms with E-state index in [-0.39, 0.29) is 6.29 Å². The molecule has 0 spiro atoms. The predicted octanol–water partition coefficient (Wildman–Crippen LogP) is 1.02. The molecular formula is C12H26N2O2. The van der Waals surface area contributed by atoms with Gasteiger partial charge in [-0.05, 0) is 40.9 Å². The first kappa shape index (κ1) is 13.9. The van der Waals surface area contributed by atoms with Gasteiger partial charge >= 0.3 is 0 Å². The van der Waals surface area contributed by atoms with Crippen molar-refractivity contribution < 1.29 is 9.47 Å². The fourth-order valence-corrected chi connectivity index (χ4v) is 2.14. The van der Waals surface area contributed by atoms with Gasteiger partial charge in [0.2, 0.25) is 0 Å². The minimum absolute atomic E-state index is 0.0593. The first-order valence-electron chi connectivity index (χ1n) is 6.29. The van der Waals surface area contributed by atoms with Crippen molar-refractivity contribution in [3.05, 3.63) is 0 Å². The van der Waals surface area contributed by atoms with Crippen molar-refractivity contribution in [2.75, 3.05) is 46.9 Å². The van der Waals surface area contributed by atoms with Crippen molar-refractivity contribution in [3.8, 4) is 0 Å². The largest absolute Gasteiger partial charge is 0.352 e. The second-order valence-corrected chi connectivity index (χ2v) is 4.51. The highest BCUT2D eigenvalue weighted by molar-refractivity contribution is 4.81. The minimum atomic E-state index is -0.0593. The summed E-state index contributed by atoms with van der Waals surface area (Å²) in [4.78, 5) is 4.73. The first-order chi connectivity index (χ1) is 7.67. The Morgan fingerprint density at radius 2 is 1.88 bits per heavy atom. The fraction of sp³-hybridized carbons (Fsp3) is 1.00. The first-order valence-corrected chi connectivity index (χ1v) is 6.29. The highest BCUT2D eigenvalue weighted by Crippen LogP contribution is 2.14. The number of ether oxygens (including phenoxy) is 2. The molecule has 16 heavy (non-hydrogen) atoms. The van der Waals surface area contributed by atoms with Crippen molar-refractivity contribution >= 4 is 0 Å². The highest BCUT2D eigenvalue weighted by Gasteiger charge is 2.26. The van der Waals surface area contributed by atoms with E-state index in [2.05, 4.69) is 23.9 Å². The van der Waals surface area contributed by atoms with Gasteiger partial charge in [-0.1, -0.05) is 0 Å². The molecule has 1 saturated heterocycles. The molecule has 96 valence electrons. The van der Waals surface area contributed by atoms with Crippen LogP contribution in [0.15, 0.2) is 0 Å². The summed E-state index contributed by atoms with van der Waals surface area (Å²) < 4.78 is 11.1. The maximum Gasteiger partial charge on any atom is 0.170 e. The molecule has 0 aromatic rings. The lowest BCUT2D eigenvalue weighted by atomic mass is 10.2. The van der Waals surface area contributed by atoms with Gasteiger partial charge in [0.15, 0.2) is 6.29 Å². The number of likely N-dealkylation sites (N-methyl/N-ethyl adjacent to an activating group) is 1. The molecule has 0 aromatic carbocycles. The summed E-state index contributed by atoms with van der Waals surface area (Å²) >= 11 is 0. The summed E-state index contributed by atoms with van der Waals surface area (Å²) in [5, 5.41) is 0. The maximum atomic E-state index is 5.56. The van der Waals surface area contributed by atoms with Crippen LogP contribution in [0.3, 0.4) is 0 Å². The molecule has 1 fully saturated rings. The number of rotatable bonds is 7. The van der Waals surface area contributed by atoms with Crippen LogP contribution in [-0.4, -0.2) is 69.1 Å². The summed E-state index contributed by atoms with van der Waals surface area (Å²) in [6, 6.07) is 0.684. The minimum Gasteiger partial charge on any atom is -0.352 e.